The van der Waals surface area contributed by atoms with Crippen LogP contribution in [0, 0.1) is 5.92 Å². The van der Waals surface area contributed by atoms with Crippen LogP contribution in [0.3, 0.4) is 0 Å². The Bertz CT molecular complexity index is 693. The zero-order valence-corrected chi connectivity index (χ0v) is 16.6. The molecule has 2 amide bonds. The van der Waals surface area contributed by atoms with Gasteiger partial charge in [-0.1, -0.05) is 37.8 Å². The summed E-state index contributed by atoms with van der Waals surface area (Å²) in [4.78, 5) is 38.6. The molecule has 1 atom stereocenters. The van der Waals surface area contributed by atoms with Crippen molar-refractivity contribution in [2.45, 2.75) is 64.0 Å². The maximum atomic E-state index is 12.7. The summed E-state index contributed by atoms with van der Waals surface area (Å²) in [5, 5.41) is 2.99. The predicted octanol–water partition coefficient (Wildman–Crippen LogP) is 3.05. The molecule has 2 fully saturated rings. The number of hydrogen-bond donors (Lipinski definition) is 1. The normalized spacial score (nSPS) is 21.1. The maximum absolute atomic E-state index is 12.7. The molecule has 1 N–H and O–H groups in total. The Kier molecular flexibility index (Phi) is 7.06. The van der Waals surface area contributed by atoms with E-state index < -0.39 is 0 Å². The third kappa shape index (κ3) is 5.12. The van der Waals surface area contributed by atoms with Gasteiger partial charge in [0.05, 0.1) is 18.6 Å². The van der Waals surface area contributed by atoms with Crippen LogP contribution in [-0.2, 0) is 20.9 Å². The van der Waals surface area contributed by atoms with Gasteiger partial charge in [-0.25, -0.2) is 4.79 Å². The van der Waals surface area contributed by atoms with Crippen LogP contribution in [0.15, 0.2) is 24.3 Å². The van der Waals surface area contributed by atoms with E-state index in [0.29, 0.717) is 37.5 Å². The van der Waals surface area contributed by atoms with E-state index in [4.69, 9.17) is 0 Å². The van der Waals surface area contributed by atoms with Crippen LogP contribution in [0.25, 0.3) is 0 Å². The van der Waals surface area contributed by atoms with Gasteiger partial charge in [-0.2, -0.15) is 0 Å². The van der Waals surface area contributed by atoms with Crippen LogP contribution in [0.2, 0.25) is 0 Å². The van der Waals surface area contributed by atoms with E-state index in [9.17, 15) is 14.4 Å². The molecule has 2 aliphatic rings. The molecule has 0 spiro atoms. The molecule has 0 unspecified atom stereocenters. The van der Waals surface area contributed by atoms with Crippen molar-refractivity contribution in [2.24, 2.45) is 5.92 Å². The van der Waals surface area contributed by atoms with E-state index in [-0.39, 0.29) is 23.7 Å². The van der Waals surface area contributed by atoms with Gasteiger partial charge < -0.3 is 15.0 Å². The van der Waals surface area contributed by atoms with Gasteiger partial charge in [0.2, 0.25) is 11.8 Å². The molecule has 6 nitrogen and oxygen atoms in total. The summed E-state index contributed by atoms with van der Waals surface area (Å²) in [6.07, 6.45) is 8.05. The fraction of sp³-hybridized carbons (Fsp3) is 0.591. The lowest BCUT2D eigenvalue weighted by atomic mass is 9.93. The first-order chi connectivity index (χ1) is 13.6. The topological polar surface area (TPSA) is 75.7 Å². The Hall–Kier alpha value is -2.37. The second-order valence-corrected chi connectivity index (χ2v) is 7.83. The Morgan fingerprint density at radius 3 is 2.39 bits per heavy atom. The van der Waals surface area contributed by atoms with E-state index in [1.165, 1.54) is 32.8 Å². The highest BCUT2D eigenvalue weighted by molar-refractivity contribution is 5.89. The van der Waals surface area contributed by atoms with E-state index in [1.54, 1.807) is 12.1 Å². The molecule has 0 aromatic heterocycles. The molecule has 1 aliphatic heterocycles. The molecule has 0 bridgehead atoms. The monoisotopic (exact) mass is 386 g/mol. The van der Waals surface area contributed by atoms with E-state index in [1.807, 2.05) is 17.0 Å². The van der Waals surface area contributed by atoms with Crippen molar-refractivity contribution >= 4 is 17.8 Å². The van der Waals surface area contributed by atoms with Gasteiger partial charge in [0.25, 0.3) is 0 Å². The number of esters is 1. The van der Waals surface area contributed by atoms with Crippen LogP contribution < -0.4 is 5.32 Å². The molecule has 1 aromatic rings. The summed E-state index contributed by atoms with van der Waals surface area (Å²) in [7, 11) is 1.35. The average molecular weight is 386 g/mol. The Labute approximate surface area is 166 Å². The lowest BCUT2D eigenvalue weighted by molar-refractivity contribution is -0.141. The summed E-state index contributed by atoms with van der Waals surface area (Å²) >= 11 is 0. The number of carbonyl (C=O) groups excluding carboxylic acids is 3. The van der Waals surface area contributed by atoms with Crippen molar-refractivity contribution in [3.8, 4) is 0 Å². The van der Waals surface area contributed by atoms with Crippen LogP contribution in [0.4, 0.5) is 0 Å². The molecule has 1 aliphatic carbocycles. The molecule has 28 heavy (non-hydrogen) atoms. The molecule has 1 heterocycles. The summed E-state index contributed by atoms with van der Waals surface area (Å²) in [6.45, 7) is 0.949. The average Bonchev–Trinajstić information content (AvgIpc) is 3.01. The Morgan fingerprint density at radius 1 is 1.07 bits per heavy atom. The Morgan fingerprint density at radius 2 is 1.75 bits per heavy atom. The first-order valence-electron chi connectivity index (χ1n) is 10.3. The van der Waals surface area contributed by atoms with E-state index >= 15 is 0 Å². The largest absolute Gasteiger partial charge is 0.465 e. The number of amides is 2. The molecule has 1 saturated carbocycles. The molecule has 0 radical (unpaired) electrons. The van der Waals surface area contributed by atoms with Gasteiger partial charge >= 0.3 is 5.97 Å². The fourth-order valence-electron chi connectivity index (χ4n) is 4.22. The number of rotatable bonds is 5. The number of nitrogens with one attached hydrogen (secondary N) is 1. The van der Waals surface area contributed by atoms with Gasteiger partial charge in [-0.3, -0.25) is 9.59 Å². The van der Waals surface area contributed by atoms with E-state index in [0.717, 1.165) is 18.4 Å². The van der Waals surface area contributed by atoms with Gasteiger partial charge in [-0.05, 0) is 37.0 Å². The lowest BCUT2D eigenvalue weighted by Gasteiger charge is -2.37. The first kappa shape index (κ1) is 20.4. The van der Waals surface area contributed by atoms with Crippen molar-refractivity contribution in [3.05, 3.63) is 35.4 Å². The molecule has 6 heteroatoms. The van der Waals surface area contributed by atoms with Crippen molar-refractivity contribution in [1.29, 1.82) is 0 Å². The number of nitrogens with zero attached hydrogens (tertiary/aromatic N) is 1. The van der Waals surface area contributed by atoms with Crippen LogP contribution in [0.1, 0.15) is 67.3 Å². The summed E-state index contributed by atoms with van der Waals surface area (Å²) in [5.74, 6) is -0.311. The quantitative estimate of drug-likeness (QED) is 0.623. The zero-order valence-electron chi connectivity index (χ0n) is 16.6. The molecule has 1 aromatic carbocycles. The fourth-order valence-corrected chi connectivity index (χ4v) is 4.22. The number of ether oxygens (including phenoxy) is 1. The minimum Gasteiger partial charge on any atom is -0.465 e. The number of methoxy groups -OCH3 is 1. The highest BCUT2D eigenvalue weighted by Crippen LogP contribution is 2.27. The first-order valence-corrected chi connectivity index (χ1v) is 10.3. The van der Waals surface area contributed by atoms with Crippen LogP contribution >= 0.6 is 0 Å². The number of likely N-dealkylation sites (tertiary alicyclic amines) is 1. The van der Waals surface area contributed by atoms with Gasteiger partial charge in [0.15, 0.2) is 0 Å². The van der Waals surface area contributed by atoms with Crippen molar-refractivity contribution in [3.63, 3.8) is 0 Å². The molecular weight excluding hydrogens is 356 g/mol. The molecule has 3 rings (SSSR count). The van der Waals surface area contributed by atoms with Crippen LogP contribution in [0.5, 0.6) is 0 Å². The number of carbonyl (C=O) groups is 3. The summed E-state index contributed by atoms with van der Waals surface area (Å²) in [5.41, 5.74) is 1.41. The van der Waals surface area contributed by atoms with Gasteiger partial charge in [0.1, 0.15) is 0 Å². The molecule has 1 saturated heterocycles. The minimum absolute atomic E-state index is 0.00293. The number of hydrogen-bond acceptors (Lipinski definition) is 4. The third-order valence-electron chi connectivity index (χ3n) is 5.92. The molecule has 152 valence electrons. The predicted molar refractivity (Wildman–Crippen MR) is 106 cm³/mol. The molecular formula is C22H30N2O4. The minimum atomic E-state index is -0.374. The highest BCUT2D eigenvalue weighted by atomic mass is 16.5. The van der Waals surface area contributed by atoms with Crippen molar-refractivity contribution < 1.29 is 19.1 Å². The lowest BCUT2D eigenvalue weighted by Crippen LogP contribution is -2.49. The third-order valence-corrected chi connectivity index (χ3v) is 5.92. The Balaban J connectivity index is 1.53. The second kappa shape index (κ2) is 9.71. The smallest absolute Gasteiger partial charge is 0.337 e. The van der Waals surface area contributed by atoms with Crippen molar-refractivity contribution in [1.82, 2.24) is 10.2 Å². The summed E-state index contributed by atoms with van der Waals surface area (Å²) < 4.78 is 4.69. The second-order valence-electron chi connectivity index (χ2n) is 7.83. The van der Waals surface area contributed by atoms with Crippen molar-refractivity contribution in [2.75, 3.05) is 13.7 Å². The highest BCUT2D eigenvalue weighted by Gasteiger charge is 2.34. The van der Waals surface area contributed by atoms with Crippen LogP contribution in [-0.4, -0.2) is 42.4 Å². The van der Waals surface area contributed by atoms with Gasteiger partial charge in [0, 0.05) is 25.6 Å². The van der Waals surface area contributed by atoms with E-state index in [2.05, 4.69) is 10.1 Å². The van der Waals surface area contributed by atoms with Gasteiger partial charge in [-0.15, -0.1) is 0 Å². The maximum Gasteiger partial charge on any atom is 0.337 e. The number of piperidine rings is 1. The summed E-state index contributed by atoms with van der Waals surface area (Å²) in [6, 6.07) is 7.32. The standard InChI is InChI=1S/C22H30N2O4/c1-28-22(27)17-10-8-16(9-11-17)14-23-21(26)18-12-13-20(25)24(15-18)19-6-4-2-3-5-7-19/h8-11,18-19H,2-7,12-15H2,1H3,(H,23,26)/t18-/m1/s1. The SMILES string of the molecule is COC(=O)c1ccc(CNC(=O)[C@@H]2CCC(=O)N(C3CCCCCC3)C2)cc1. The zero-order chi connectivity index (χ0) is 19.9. The number of benzene rings is 1.